The maximum absolute atomic E-state index is 12.7. The van der Waals surface area contributed by atoms with Crippen molar-refractivity contribution in [2.75, 3.05) is 12.4 Å². The van der Waals surface area contributed by atoms with Crippen LogP contribution < -0.4 is 5.32 Å². The van der Waals surface area contributed by atoms with E-state index in [4.69, 9.17) is 0 Å². The highest BCUT2D eigenvalue weighted by molar-refractivity contribution is 7.17. The van der Waals surface area contributed by atoms with Crippen molar-refractivity contribution in [3.05, 3.63) is 10.6 Å². The van der Waals surface area contributed by atoms with Gasteiger partial charge in [0.15, 0.2) is 10.8 Å². The van der Waals surface area contributed by atoms with Crippen LogP contribution in [0.15, 0.2) is 0 Å². The van der Waals surface area contributed by atoms with Crippen LogP contribution in [-0.4, -0.2) is 24.1 Å². The average molecular weight is 282 g/mol. The number of carbonyl (C=O) groups is 1. The van der Waals surface area contributed by atoms with Crippen LogP contribution in [0.1, 0.15) is 35.6 Å². The number of alkyl halides is 3. The highest BCUT2D eigenvalue weighted by Gasteiger charge is 2.40. The molecule has 18 heavy (non-hydrogen) atoms. The lowest BCUT2D eigenvalue weighted by atomic mass is 10.3. The Morgan fingerprint density at radius 2 is 2.17 bits per heavy atom. The Kier molecular flexibility index (Phi) is 4.55. The van der Waals surface area contributed by atoms with Gasteiger partial charge in [-0.25, -0.2) is 9.78 Å². The minimum absolute atomic E-state index is 0.0252. The molecule has 0 radical (unpaired) electrons. The smallest absolute Gasteiger partial charge is 0.435 e. The van der Waals surface area contributed by atoms with Crippen molar-refractivity contribution in [1.29, 1.82) is 0 Å². The molecule has 1 aromatic heterocycles. The predicted octanol–water partition coefficient (Wildman–Crippen LogP) is 3.16. The maximum atomic E-state index is 12.7. The summed E-state index contributed by atoms with van der Waals surface area (Å²) in [5.74, 6) is -1.03. The Morgan fingerprint density at radius 1 is 1.56 bits per heavy atom. The first-order valence-corrected chi connectivity index (χ1v) is 6.04. The van der Waals surface area contributed by atoms with E-state index in [9.17, 15) is 18.0 Å². The van der Waals surface area contributed by atoms with Crippen LogP contribution in [0.25, 0.3) is 0 Å². The van der Waals surface area contributed by atoms with E-state index in [0.717, 1.165) is 13.5 Å². The Morgan fingerprint density at radius 3 is 2.61 bits per heavy atom. The fourth-order valence-corrected chi connectivity index (χ4v) is 2.13. The number of methoxy groups -OCH3 is 1. The van der Waals surface area contributed by atoms with Gasteiger partial charge in [-0.05, 0) is 13.3 Å². The van der Waals surface area contributed by atoms with E-state index >= 15 is 0 Å². The highest BCUT2D eigenvalue weighted by Crippen LogP contribution is 2.36. The highest BCUT2D eigenvalue weighted by atomic mass is 32.1. The van der Waals surface area contributed by atoms with Gasteiger partial charge in [-0.3, -0.25) is 0 Å². The molecule has 0 saturated carbocycles. The Bertz CT molecular complexity index is 431. The molecule has 0 spiro atoms. The van der Waals surface area contributed by atoms with Gasteiger partial charge < -0.3 is 10.1 Å². The van der Waals surface area contributed by atoms with E-state index in [1.807, 2.05) is 13.8 Å². The van der Waals surface area contributed by atoms with E-state index in [0.29, 0.717) is 11.3 Å². The molecule has 1 rings (SSSR count). The van der Waals surface area contributed by atoms with Gasteiger partial charge in [-0.1, -0.05) is 18.3 Å². The zero-order valence-corrected chi connectivity index (χ0v) is 10.9. The number of rotatable bonds is 4. The van der Waals surface area contributed by atoms with Gasteiger partial charge in [0.1, 0.15) is 4.88 Å². The van der Waals surface area contributed by atoms with Crippen molar-refractivity contribution in [2.45, 2.75) is 32.5 Å². The molecule has 0 aliphatic heterocycles. The van der Waals surface area contributed by atoms with E-state index in [2.05, 4.69) is 15.0 Å². The minimum Gasteiger partial charge on any atom is -0.465 e. The van der Waals surface area contributed by atoms with Gasteiger partial charge in [0.2, 0.25) is 0 Å². The molecule has 8 heteroatoms. The van der Waals surface area contributed by atoms with Crippen molar-refractivity contribution in [1.82, 2.24) is 4.98 Å². The van der Waals surface area contributed by atoms with Crippen LogP contribution >= 0.6 is 11.3 Å². The van der Waals surface area contributed by atoms with Crippen LogP contribution in [0.4, 0.5) is 18.3 Å². The lowest BCUT2D eigenvalue weighted by molar-refractivity contribution is -0.141. The fourth-order valence-electron chi connectivity index (χ4n) is 1.12. The molecule has 4 nitrogen and oxygen atoms in total. The number of ether oxygens (including phenoxy) is 1. The van der Waals surface area contributed by atoms with Gasteiger partial charge >= 0.3 is 12.1 Å². The molecule has 0 aromatic carbocycles. The van der Waals surface area contributed by atoms with Crippen LogP contribution in [0.5, 0.6) is 0 Å². The number of anilines is 1. The van der Waals surface area contributed by atoms with Gasteiger partial charge in [-0.2, -0.15) is 13.2 Å². The molecule has 1 unspecified atom stereocenters. The monoisotopic (exact) mass is 282 g/mol. The molecular weight excluding hydrogens is 269 g/mol. The maximum Gasteiger partial charge on any atom is 0.435 e. The summed E-state index contributed by atoms with van der Waals surface area (Å²) < 4.78 is 42.4. The van der Waals surface area contributed by atoms with Gasteiger partial charge in [0, 0.05) is 6.04 Å². The number of carbonyl (C=O) groups excluding carboxylic acids is 1. The molecule has 0 aliphatic rings. The lowest BCUT2D eigenvalue weighted by Gasteiger charge is -2.08. The average Bonchev–Trinajstić information content (AvgIpc) is 2.71. The minimum atomic E-state index is -4.67. The SMILES string of the molecule is CCC(C)Nc1nc(C(F)(F)F)c(C(=O)OC)s1. The van der Waals surface area contributed by atoms with Crippen molar-refractivity contribution < 1.29 is 22.7 Å². The van der Waals surface area contributed by atoms with Crippen molar-refractivity contribution in [3.8, 4) is 0 Å². The summed E-state index contributed by atoms with van der Waals surface area (Å²) in [5, 5.41) is 2.87. The van der Waals surface area contributed by atoms with Crippen LogP contribution in [0, 0.1) is 0 Å². The van der Waals surface area contributed by atoms with E-state index in [1.165, 1.54) is 0 Å². The largest absolute Gasteiger partial charge is 0.465 e. The van der Waals surface area contributed by atoms with E-state index in [1.54, 1.807) is 0 Å². The second-order valence-electron chi connectivity index (χ2n) is 3.64. The molecule has 102 valence electrons. The van der Waals surface area contributed by atoms with Crippen LogP contribution in [0.2, 0.25) is 0 Å². The molecule has 1 heterocycles. The second-order valence-corrected chi connectivity index (χ2v) is 4.64. The Balaban J connectivity index is 3.12. The zero-order chi connectivity index (χ0) is 13.9. The number of nitrogens with zero attached hydrogens (tertiary/aromatic N) is 1. The number of nitrogens with one attached hydrogen (secondary N) is 1. The van der Waals surface area contributed by atoms with Crippen LogP contribution in [0.3, 0.4) is 0 Å². The lowest BCUT2D eigenvalue weighted by Crippen LogP contribution is -2.14. The normalized spacial score (nSPS) is 13.2. The molecule has 1 N–H and O–H groups in total. The van der Waals surface area contributed by atoms with Gasteiger partial charge in [0.25, 0.3) is 0 Å². The quantitative estimate of drug-likeness (QED) is 0.862. The summed E-state index contributed by atoms with van der Waals surface area (Å²) >= 11 is 0.646. The molecule has 0 fully saturated rings. The molecule has 0 aliphatic carbocycles. The van der Waals surface area contributed by atoms with Gasteiger partial charge in [0.05, 0.1) is 7.11 Å². The Labute approximate surface area is 106 Å². The van der Waals surface area contributed by atoms with Gasteiger partial charge in [-0.15, -0.1) is 0 Å². The summed E-state index contributed by atoms with van der Waals surface area (Å²) in [4.78, 5) is 14.2. The number of hydrogen-bond donors (Lipinski definition) is 1. The molecule has 0 bridgehead atoms. The summed E-state index contributed by atoms with van der Waals surface area (Å²) in [5.41, 5.74) is -1.20. The van der Waals surface area contributed by atoms with E-state index < -0.39 is 22.7 Å². The summed E-state index contributed by atoms with van der Waals surface area (Å²) in [6.07, 6.45) is -3.94. The van der Waals surface area contributed by atoms with Crippen LogP contribution in [-0.2, 0) is 10.9 Å². The summed E-state index contributed by atoms with van der Waals surface area (Å²) in [6, 6.07) is -0.0252. The second kappa shape index (κ2) is 5.55. The topological polar surface area (TPSA) is 51.2 Å². The van der Waals surface area contributed by atoms with Crippen molar-refractivity contribution in [2.24, 2.45) is 0 Å². The third-order valence-electron chi connectivity index (χ3n) is 2.25. The molecule has 1 aromatic rings. The standard InChI is InChI=1S/C10H13F3N2O2S/c1-4-5(2)14-9-15-7(10(11,12)13)6(18-9)8(16)17-3/h5H,4H2,1-3H3,(H,14,15). The van der Waals surface area contributed by atoms with Crippen molar-refractivity contribution >= 4 is 22.4 Å². The predicted molar refractivity (Wildman–Crippen MR) is 61.8 cm³/mol. The molecular formula is C10H13F3N2O2S. The first kappa shape index (κ1) is 14.7. The summed E-state index contributed by atoms with van der Waals surface area (Å²) in [7, 11) is 1.03. The zero-order valence-electron chi connectivity index (χ0n) is 10.1. The number of aromatic nitrogens is 1. The Hall–Kier alpha value is -1.31. The molecule has 0 amide bonds. The van der Waals surface area contributed by atoms with E-state index in [-0.39, 0.29) is 11.2 Å². The number of esters is 1. The fraction of sp³-hybridized carbons (Fsp3) is 0.600. The third-order valence-corrected chi connectivity index (χ3v) is 3.22. The summed E-state index contributed by atoms with van der Waals surface area (Å²) in [6.45, 7) is 3.70. The van der Waals surface area contributed by atoms with Crippen molar-refractivity contribution in [3.63, 3.8) is 0 Å². The number of hydrogen-bond acceptors (Lipinski definition) is 5. The molecule has 1 atom stereocenters. The third kappa shape index (κ3) is 3.34. The molecule has 0 saturated heterocycles. The first-order valence-electron chi connectivity index (χ1n) is 5.22. The number of halogens is 3. The first-order chi connectivity index (χ1) is 8.29. The number of thiazole rings is 1.